The Kier molecular flexibility index (Phi) is 3.30. The molecule has 0 aromatic heterocycles. The van der Waals surface area contributed by atoms with Crippen LogP contribution < -0.4 is 15.4 Å². The van der Waals surface area contributed by atoms with Gasteiger partial charge in [-0.3, -0.25) is 4.79 Å². The van der Waals surface area contributed by atoms with E-state index in [1.165, 1.54) is 0 Å². The maximum Gasteiger partial charge on any atom is 0.325 e. The molecule has 5 heteroatoms. The molecular weight excluding hydrogens is 256 g/mol. The van der Waals surface area contributed by atoms with Crippen LogP contribution in [-0.2, 0) is 4.79 Å². The van der Waals surface area contributed by atoms with Crippen LogP contribution in [0.15, 0.2) is 24.3 Å². The van der Waals surface area contributed by atoms with Gasteiger partial charge in [0.05, 0.1) is 12.3 Å². The maximum atomic E-state index is 11.6. The van der Waals surface area contributed by atoms with E-state index in [9.17, 15) is 9.90 Å². The number of nitrogens with zero attached hydrogens (tertiary/aromatic N) is 1. The van der Waals surface area contributed by atoms with E-state index in [0.29, 0.717) is 13.2 Å². The Morgan fingerprint density at radius 1 is 1.45 bits per heavy atom. The third-order valence-corrected chi connectivity index (χ3v) is 4.19. The van der Waals surface area contributed by atoms with Gasteiger partial charge in [0, 0.05) is 13.1 Å². The Bertz CT molecular complexity index is 516. The zero-order chi connectivity index (χ0) is 14.2. The quantitative estimate of drug-likeness (QED) is 0.871. The number of hydrogen-bond acceptors (Lipinski definition) is 4. The summed E-state index contributed by atoms with van der Waals surface area (Å²) < 4.78 is 5.70. The van der Waals surface area contributed by atoms with E-state index in [-0.39, 0.29) is 5.92 Å². The van der Waals surface area contributed by atoms with Crippen molar-refractivity contribution < 1.29 is 14.6 Å². The number of nitrogens with two attached hydrogens (primary N) is 1. The second kappa shape index (κ2) is 4.98. The SMILES string of the molecule is NC(CN1CCCOc2ccccc21)(C(=O)O)C1CC1. The Morgan fingerprint density at radius 3 is 2.90 bits per heavy atom. The van der Waals surface area contributed by atoms with E-state index in [1.54, 1.807) is 0 Å². The molecule has 0 saturated heterocycles. The Hall–Kier alpha value is -1.75. The van der Waals surface area contributed by atoms with Gasteiger partial charge in [-0.05, 0) is 37.3 Å². The summed E-state index contributed by atoms with van der Waals surface area (Å²) in [5, 5.41) is 9.51. The van der Waals surface area contributed by atoms with E-state index in [4.69, 9.17) is 10.5 Å². The van der Waals surface area contributed by atoms with Gasteiger partial charge >= 0.3 is 5.97 Å². The number of rotatable bonds is 4. The van der Waals surface area contributed by atoms with Crippen LogP contribution in [-0.4, -0.2) is 36.3 Å². The van der Waals surface area contributed by atoms with Crippen LogP contribution in [0, 0.1) is 5.92 Å². The summed E-state index contributed by atoms with van der Waals surface area (Å²) in [4.78, 5) is 13.7. The molecule has 1 heterocycles. The largest absolute Gasteiger partial charge is 0.491 e. The van der Waals surface area contributed by atoms with Crippen LogP contribution in [0.2, 0.25) is 0 Å². The van der Waals surface area contributed by atoms with Gasteiger partial charge in [0.1, 0.15) is 11.3 Å². The number of carboxylic acids is 1. The molecule has 1 unspecified atom stereocenters. The molecule has 0 spiro atoms. The van der Waals surface area contributed by atoms with Crippen molar-refractivity contribution in [2.45, 2.75) is 24.8 Å². The van der Waals surface area contributed by atoms with Crippen molar-refractivity contribution in [3.8, 4) is 5.75 Å². The number of hydrogen-bond donors (Lipinski definition) is 2. The number of para-hydroxylation sites is 2. The molecule has 1 atom stereocenters. The second-order valence-corrected chi connectivity index (χ2v) is 5.71. The summed E-state index contributed by atoms with van der Waals surface area (Å²) in [6.07, 6.45) is 2.69. The van der Waals surface area contributed by atoms with Crippen molar-refractivity contribution in [1.82, 2.24) is 0 Å². The highest BCUT2D eigenvalue weighted by Gasteiger charge is 2.49. The smallest absolute Gasteiger partial charge is 0.325 e. The highest BCUT2D eigenvalue weighted by atomic mass is 16.5. The summed E-state index contributed by atoms with van der Waals surface area (Å²) in [6.45, 7) is 1.77. The lowest BCUT2D eigenvalue weighted by Crippen LogP contribution is -2.58. The van der Waals surface area contributed by atoms with Gasteiger partial charge in [0.25, 0.3) is 0 Å². The fraction of sp³-hybridized carbons (Fsp3) is 0.533. The number of benzene rings is 1. The molecule has 0 bridgehead atoms. The first-order valence-electron chi connectivity index (χ1n) is 7.10. The van der Waals surface area contributed by atoms with Crippen LogP contribution in [0.4, 0.5) is 5.69 Å². The monoisotopic (exact) mass is 276 g/mol. The van der Waals surface area contributed by atoms with Crippen LogP contribution in [0.5, 0.6) is 5.75 Å². The summed E-state index contributed by atoms with van der Waals surface area (Å²) in [7, 11) is 0. The third-order valence-electron chi connectivity index (χ3n) is 4.19. The number of ether oxygens (including phenoxy) is 1. The highest BCUT2D eigenvalue weighted by molar-refractivity contribution is 5.81. The molecular formula is C15H20N2O3. The first-order chi connectivity index (χ1) is 9.61. The fourth-order valence-corrected chi connectivity index (χ4v) is 2.85. The number of aliphatic carboxylic acids is 1. The van der Waals surface area contributed by atoms with Crippen LogP contribution >= 0.6 is 0 Å². The number of carbonyl (C=O) groups is 1. The Labute approximate surface area is 118 Å². The van der Waals surface area contributed by atoms with Crippen LogP contribution in [0.1, 0.15) is 19.3 Å². The topological polar surface area (TPSA) is 75.8 Å². The lowest BCUT2D eigenvalue weighted by molar-refractivity contribution is -0.143. The number of carboxylic acid groups (broad SMARTS) is 1. The molecule has 1 fully saturated rings. The zero-order valence-electron chi connectivity index (χ0n) is 11.4. The third kappa shape index (κ3) is 2.33. The molecule has 1 aliphatic carbocycles. The number of anilines is 1. The van der Waals surface area contributed by atoms with Gasteiger partial charge in [0.15, 0.2) is 0 Å². The predicted molar refractivity (Wildman–Crippen MR) is 76.0 cm³/mol. The zero-order valence-corrected chi connectivity index (χ0v) is 11.4. The van der Waals surface area contributed by atoms with E-state index < -0.39 is 11.5 Å². The molecule has 2 aliphatic rings. The van der Waals surface area contributed by atoms with Crippen molar-refractivity contribution in [2.24, 2.45) is 11.7 Å². The van der Waals surface area contributed by atoms with E-state index in [2.05, 4.69) is 4.90 Å². The van der Waals surface area contributed by atoms with Crippen molar-refractivity contribution >= 4 is 11.7 Å². The Morgan fingerprint density at radius 2 is 2.20 bits per heavy atom. The molecule has 0 radical (unpaired) electrons. The first-order valence-corrected chi connectivity index (χ1v) is 7.10. The van der Waals surface area contributed by atoms with Gasteiger partial charge in [-0.25, -0.2) is 0 Å². The molecule has 20 heavy (non-hydrogen) atoms. The Balaban J connectivity index is 1.88. The molecule has 108 valence electrons. The highest BCUT2D eigenvalue weighted by Crippen LogP contribution is 2.40. The normalized spacial score (nSPS) is 21.4. The van der Waals surface area contributed by atoms with Gasteiger partial charge in [-0.2, -0.15) is 0 Å². The summed E-state index contributed by atoms with van der Waals surface area (Å²) >= 11 is 0. The molecule has 1 aliphatic heterocycles. The minimum absolute atomic E-state index is 0.0938. The van der Waals surface area contributed by atoms with Gasteiger partial charge < -0.3 is 20.5 Å². The minimum atomic E-state index is -1.16. The summed E-state index contributed by atoms with van der Waals surface area (Å²) in [5.74, 6) is 0.00696. The standard InChI is InChI=1S/C15H20N2O3/c16-15(14(18)19,11-6-7-11)10-17-8-3-9-20-13-5-2-1-4-12(13)17/h1-2,4-5,11H,3,6-10,16H2,(H,18,19). The molecule has 3 N–H and O–H groups in total. The van der Waals surface area contributed by atoms with Crippen LogP contribution in [0.25, 0.3) is 0 Å². The van der Waals surface area contributed by atoms with Crippen molar-refractivity contribution in [2.75, 3.05) is 24.6 Å². The predicted octanol–water partition coefficient (Wildman–Crippen LogP) is 1.47. The minimum Gasteiger partial charge on any atom is -0.491 e. The fourth-order valence-electron chi connectivity index (χ4n) is 2.85. The molecule has 1 aromatic rings. The summed E-state index contributed by atoms with van der Waals surface area (Å²) in [5.41, 5.74) is 5.99. The van der Waals surface area contributed by atoms with Crippen molar-refractivity contribution in [3.63, 3.8) is 0 Å². The van der Waals surface area contributed by atoms with Gasteiger partial charge in [-0.15, -0.1) is 0 Å². The lowest BCUT2D eigenvalue weighted by atomic mass is 9.93. The van der Waals surface area contributed by atoms with Gasteiger partial charge in [0.2, 0.25) is 0 Å². The molecule has 1 aromatic carbocycles. The van der Waals surface area contributed by atoms with Crippen molar-refractivity contribution in [3.05, 3.63) is 24.3 Å². The molecule has 0 amide bonds. The number of fused-ring (bicyclic) bond motifs is 1. The van der Waals surface area contributed by atoms with E-state index in [1.807, 2.05) is 24.3 Å². The summed E-state index contributed by atoms with van der Waals surface area (Å²) in [6, 6.07) is 7.76. The van der Waals surface area contributed by atoms with E-state index >= 15 is 0 Å². The van der Waals surface area contributed by atoms with Crippen molar-refractivity contribution in [1.29, 1.82) is 0 Å². The first kappa shape index (κ1) is 13.2. The average molecular weight is 276 g/mol. The van der Waals surface area contributed by atoms with Crippen LogP contribution in [0.3, 0.4) is 0 Å². The van der Waals surface area contributed by atoms with E-state index in [0.717, 1.165) is 37.2 Å². The maximum absolute atomic E-state index is 11.6. The molecule has 1 saturated carbocycles. The molecule has 3 rings (SSSR count). The average Bonchev–Trinajstić information content (AvgIpc) is 3.26. The second-order valence-electron chi connectivity index (χ2n) is 5.71. The molecule has 5 nitrogen and oxygen atoms in total. The lowest BCUT2D eigenvalue weighted by Gasteiger charge is -2.33. The van der Waals surface area contributed by atoms with Gasteiger partial charge in [-0.1, -0.05) is 12.1 Å².